The highest BCUT2D eigenvalue weighted by Gasteiger charge is 2.33. The van der Waals surface area contributed by atoms with E-state index in [0.29, 0.717) is 6.54 Å². The van der Waals surface area contributed by atoms with Gasteiger partial charge in [-0.1, -0.05) is 69.7 Å². The van der Waals surface area contributed by atoms with Crippen LogP contribution in [0.3, 0.4) is 0 Å². The molecule has 1 unspecified atom stereocenters. The van der Waals surface area contributed by atoms with Crippen LogP contribution in [0.5, 0.6) is 0 Å². The summed E-state index contributed by atoms with van der Waals surface area (Å²) in [6.07, 6.45) is 1.91. The molecule has 0 aliphatic rings. The smallest absolute Gasteiger partial charge is 0.243 e. The molecule has 0 fully saturated rings. The third-order valence-electron chi connectivity index (χ3n) is 4.61. The summed E-state index contributed by atoms with van der Waals surface area (Å²) in [6, 6.07) is -0.856. The molecule has 0 radical (unpaired) electrons. The second kappa shape index (κ2) is 13.5. The van der Waals surface area contributed by atoms with Crippen molar-refractivity contribution in [3.63, 3.8) is 0 Å². The Morgan fingerprint density at radius 3 is 1.76 bits per heavy atom. The number of likely N-dealkylation sites (N-methyl/N-ethyl adjacent to an activating group) is 1. The first-order valence-electron chi connectivity index (χ1n) is 9.81. The Kier molecular flexibility index (Phi) is 14.9. The van der Waals surface area contributed by atoms with Crippen LogP contribution < -0.4 is 5.32 Å². The Balaban J connectivity index is -0.00000338. The molecule has 0 saturated heterocycles. The van der Waals surface area contributed by atoms with E-state index in [4.69, 9.17) is 0 Å². The molecule has 1 atom stereocenters. The Hall–Kier alpha value is -1.72. The molecule has 2 amide bonds. The molecule has 0 aromatic heterocycles. The molecule has 0 rings (SSSR count). The van der Waals surface area contributed by atoms with Gasteiger partial charge in [0, 0.05) is 43.7 Å². The van der Waals surface area contributed by atoms with Crippen LogP contribution in [0.1, 0.15) is 95.4 Å². The Morgan fingerprint density at radius 2 is 1.34 bits per heavy atom. The van der Waals surface area contributed by atoms with Gasteiger partial charge >= 0.3 is 0 Å². The Morgan fingerprint density at radius 1 is 0.862 bits per heavy atom. The van der Waals surface area contributed by atoms with Crippen LogP contribution in [-0.2, 0) is 19.2 Å². The van der Waals surface area contributed by atoms with E-state index in [-0.39, 0.29) is 57.5 Å². The standard InChI is InChI=1S/C21H38N2O4.2CH4/c1-9-10-13-22-19(27)15(14-17(25)21(5,6)7)23(8)18(26)12-11-16(24)20(2,3)4;;/h15H,9-14H2,1-8H3,(H,22,27);2*1H4. The van der Waals surface area contributed by atoms with Crippen molar-refractivity contribution in [2.75, 3.05) is 13.6 Å². The number of rotatable bonds is 10. The summed E-state index contributed by atoms with van der Waals surface area (Å²) in [4.78, 5) is 51.0. The van der Waals surface area contributed by atoms with Crippen LogP contribution in [0.2, 0.25) is 0 Å². The predicted molar refractivity (Wildman–Crippen MR) is 121 cm³/mol. The topological polar surface area (TPSA) is 83.6 Å². The Labute approximate surface area is 179 Å². The Bertz CT molecular complexity index is 542. The summed E-state index contributed by atoms with van der Waals surface area (Å²) in [5.74, 6) is -0.702. The molecule has 0 aliphatic carbocycles. The van der Waals surface area contributed by atoms with E-state index in [1.165, 1.54) is 11.9 Å². The lowest BCUT2D eigenvalue weighted by Crippen LogP contribution is -2.50. The monoisotopic (exact) mass is 414 g/mol. The zero-order valence-corrected chi connectivity index (χ0v) is 18.4. The minimum Gasteiger partial charge on any atom is -0.354 e. The van der Waals surface area contributed by atoms with Gasteiger partial charge in [0.1, 0.15) is 17.6 Å². The zero-order chi connectivity index (χ0) is 21.4. The minimum absolute atomic E-state index is 0. The predicted octanol–water partition coefficient (Wildman–Crippen LogP) is 4.40. The van der Waals surface area contributed by atoms with Gasteiger partial charge in [0.25, 0.3) is 0 Å². The van der Waals surface area contributed by atoms with Crippen LogP contribution in [0.25, 0.3) is 0 Å². The third kappa shape index (κ3) is 11.8. The van der Waals surface area contributed by atoms with Crippen LogP contribution in [0, 0.1) is 10.8 Å². The van der Waals surface area contributed by atoms with Gasteiger partial charge in [0.2, 0.25) is 11.8 Å². The van der Waals surface area contributed by atoms with Crippen LogP contribution in [0.4, 0.5) is 0 Å². The van der Waals surface area contributed by atoms with Crippen molar-refractivity contribution in [1.29, 1.82) is 0 Å². The van der Waals surface area contributed by atoms with Gasteiger partial charge in [0.15, 0.2) is 0 Å². The van der Waals surface area contributed by atoms with E-state index in [0.717, 1.165) is 12.8 Å². The molecule has 0 bridgehead atoms. The largest absolute Gasteiger partial charge is 0.354 e. The minimum atomic E-state index is -0.856. The van der Waals surface area contributed by atoms with Crippen LogP contribution in [0.15, 0.2) is 0 Å². The van der Waals surface area contributed by atoms with E-state index in [1.807, 2.05) is 27.7 Å². The van der Waals surface area contributed by atoms with E-state index < -0.39 is 16.9 Å². The maximum absolute atomic E-state index is 12.6. The van der Waals surface area contributed by atoms with Crippen LogP contribution >= 0.6 is 0 Å². The lowest BCUT2D eigenvalue weighted by molar-refractivity contribution is -0.142. The lowest BCUT2D eigenvalue weighted by atomic mass is 9.86. The van der Waals surface area contributed by atoms with Crippen molar-refractivity contribution < 1.29 is 19.2 Å². The summed E-state index contributed by atoms with van der Waals surface area (Å²) in [7, 11) is 1.53. The number of hydrogen-bond donors (Lipinski definition) is 1. The van der Waals surface area contributed by atoms with Crippen molar-refractivity contribution >= 4 is 23.4 Å². The van der Waals surface area contributed by atoms with E-state index >= 15 is 0 Å². The molecule has 0 spiro atoms. The summed E-state index contributed by atoms with van der Waals surface area (Å²) >= 11 is 0. The average molecular weight is 415 g/mol. The quantitative estimate of drug-likeness (QED) is 0.537. The van der Waals surface area contributed by atoms with Gasteiger partial charge in [0.05, 0.1) is 0 Å². The number of carbonyl (C=O) groups excluding carboxylic acids is 4. The van der Waals surface area contributed by atoms with Crippen molar-refractivity contribution in [3.8, 4) is 0 Å². The van der Waals surface area contributed by atoms with Gasteiger partial charge < -0.3 is 10.2 Å². The van der Waals surface area contributed by atoms with Crippen molar-refractivity contribution in [3.05, 3.63) is 0 Å². The molecular weight excluding hydrogens is 368 g/mol. The fourth-order valence-corrected chi connectivity index (χ4v) is 2.34. The summed E-state index contributed by atoms with van der Waals surface area (Å²) < 4.78 is 0. The maximum Gasteiger partial charge on any atom is 0.243 e. The van der Waals surface area contributed by atoms with Gasteiger partial charge in [-0.3, -0.25) is 19.2 Å². The molecule has 172 valence electrons. The molecule has 0 aromatic carbocycles. The van der Waals surface area contributed by atoms with Crippen molar-refractivity contribution in [2.45, 2.75) is 101 Å². The fourth-order valence-electron chi connectivity index (χ4n) is 2.34. The fraction of sp³-hybridized carbons (Fsp3) is 0.826. The van der Waals surface area contributed by atoms with Gasteiger partial charge in [-0.2, -0.15) is 0 Å². The normalized spacial score (nSPS) is 12.1. The summed E-state index contributed by atoms with van der Waals surface area (Å²) in [5, 5.41) is 2.81. The highest BCUT2D eigenvalue weighted by Crippen LogP contribution is 2.21. The number of hydrogen-bond acceptors (Lipinski definition) is 4. The number of ketones is 2. The third-order valence-corrected chi connectivity index (χ3v) is 4.61. The average Bonchev–Trinajstić information content (AvgIpc) is 2.54. The van der Waals surface area contributed by atoms with Crippen molar-refractivity contribution in [1.82, 2.24) is 10.2 Å². The van der Waals surface area contributed by atoms with Gasteiger partial charge in [-0.25, -0.2) is 0 Å². The summed E-state index contributed by atoms with van der Waals surface area (Å²) in [5.41, 5.74) is -1.09. The molecule has 6 heteroatoms. The number of Topliss-reactive ketones (excluding diaryl/α,β-unsaturated/α-hetero) is 2. The number of nitrogens with one attached hydrogen (secondary N) is 1. The van der Waals surface area contributed by atoms with E-state index in [1.54, 1.807) is 20.8 Å². The number of amides is 2. The molecule has 0 saturated carbocycles. The molecule has 0 heterocycles. The van der Waals surface area contributed by atoms with Crippen LogP contribution in [-0.4, -0.2) is 47.9 Å². The second-order valence-electron chi connectivity index (χ2n) is 9.22. The molecular formula is C23H46N2O4. The maximum atomic E-state index is 12.6. The summed E-state index contributed by atoms with van der Waals surface area (Å²) in [6.45, 7) is 13.4. The van der Waals surface area contributed by atoms with Gasteiger partial charge in [-0.15, -0.1) is 0 Å². The first-order valence-corrected chi connectivity index (χ1v) is 9.81. The van der Waals surface area contributed by atoms with E-state index in [9.17, 15) is 19.2 Å². The number of nitrogens with zero attached hydrogens (tertiary/aromatic N) is 1. The first-order chi connectivity index (χ1) is 12.2. The van der Waals surface area contributed by atoms with Gasteiger partial charge in [-0.05, 0) is 6.42 Å². The SMILES string of the molecule is C.C.CCCCNC(=O)C(CC(=O)C(C)(C)C)N(C)C(=O)CCC(=O)C(C)(C)C. The van der Waals surface area contributed by atoms with Crippen molar-refractivity contribution in [2.24, 2.45) is 10.8 Å². The lowest BCUT2D eigenvalue weighted by Gasteiger charge is -2.29. The highest BCUT2D eigenvalue weighted by atomic mass is 16.2. The molecule has 1 N–H and O–H groups in total. The zero-order valence-electron chi connectivity index (χ0n) is 18.4. The molecule has 0 aliphatic heterocycles. The number of carbonyl (C=O) groups is 4. The van der Waals surface area contributed by atoms with E-state index in [2.05, 4.69) is 5.32 Å². The second-order valence-corrected chi connectivity index (χ2v) is 9.22. The molecule has 6 nitrogen and oxygen atoms in total. The number of unbranched alkanes of at least 4 members (excludes halogenated alkanes) is 1. The molecule has 0 aromatic rings. The molecule has 29 heavy (non-hydrogen) atoms. The highest BCUT2D eigenvalue weighted by molar-refractivity contribution is 5.95. The first kappa shape index (κ1) is 32.0.